The Morgan fingerprint density at radius 3 is 2.41 bits per heavy atom. The first-order valence-electron chi connectivity index (χ1n) is 19.6. The first-order valence-corrected chi connectivity index (χ1v) is 19.6. The summed E-state index contributed by atoms with van der Waals surface area (Å²) >= 11 is 0. The van der Waals surface area contributed by atoms with Gasteiger partial charge in [0.15, 0.2) is 29.4 Å². The number of halogens is 1. The van der Waals surface area contributed by atoms with Crippen molar-refractivity contribution in [3.63, 3.8) is 0 Å². The highest BCUT2D eigenvalue weighted by atomic mass is 19.1. The summed E-state index contributed by atoms with van der Waals surface area (Å²) in [6.07, 6.45) is 7.76. The monoisotopic (exact) mass is 807 g/mol. The molecule has 2 aliphatic heterocycles. The van der Waals surface area contributed by atoms with E-state index in [2.05, 4.69) is 10.4 Å². The fraction of sp³-hybridized carbons (Fsp3) is 0.378. The second-order valence-electron chi connectivity index (χ2n) is 15.4. The molecule has 2 saturated heterocycles. The number of nitrogens with zero attached hydrogens (tertiary/aromatic N) is 4. The van der Waals surface area contributed by atoms with Gasteiger partial charge in [-0.25, -0.2) is 24.5 Å². The van der Waals surface area contributed by atoms with Gasteiger partial charge in [-0.05, 0) is 99.0 Å². The van der Waals surface area contributed by atoms with Crippen LogP contribution < -0.4 is 19.9 Å². The van der Waals surface area contributed by atoms with Crippen LogP contribution in [0.25, 0.3) is 28.3 Å². The number of aromatic nitrogens is 1. The Bertz CT molecular complexity index is 2190. The minimum absolute atomic E-state index is 0.0783. The quantitative estimate of drug-likeness (QED) is 0.105. The molecule has 3 heterocycles. The number of hydroxylamine groups is 1. The van der Waals surface area contributed by atoms with E-state index in [1.807, 2.05) is 51.1 Å². The first kappa shape index (κ1) is 42.4. The molecule has 1 atom stereocenters. The molecule has 2 amide bonds. The van der Waals surface area contributed by atoms with Crippen LogP contribution in [0.2, 0.25) is 0 Å². The van der Waals surface area contributed by atoms with Crippen LogP contribution in [0.5, 0.6) is 17.2 Å². The van der Waals surface area contributed by atoms with Crippen LogP contribution in [0.15, 0.2) is 72.9 Å². The molecule has 0 spiro atoms. The van der Waals surface area contributed by atoms with Crippen molar-refractivity contribution in [3.05, 3.63) is 95.4 Å². The summed E-state index contributed by atoms with van der Waals surface area (Å²) in [6, 6.07) is 18.6. The van der Waals surface area contributed by atoms with E-state index in [0.717, 1.165) is 30.4 Å². The summed E-state index contributed by atoms with van der Waals surface area (Å²) in [5.74, 6) is 0.0597. The number of methoxy groups -OCH3 is 2. The van der Waals surface area contributed by atoms with Crippen molar-refractivity contribution in [1.29, 1.82) is 5.26 Å². The Morgan fingerprint density at radius 1 is 1.03 bits per heavy atom. The molecule has 0 saturated carbocycles. The number of pyridine rings is 1. The zero-order valence-electron chi connectivity index (χ0n) is 34.0. The lowest BCUT2D eigenvalue weighted by Gasteiger charge is -2.40. The summed E-state index contributed by atoms with van der Waals surface area (Å²) in [7, 11) is 2.98. The van der Waals surface area contributed by atoms with Crippen molar-refractivity contribution >= 4 is 23.9 Å². The van der Waals surface area contributed by atoms with Crippen LogP contribution >= 0.6 is 0 Å². The topological polar surface area (TPSA) is 156 Å². The van der Waals surface area contributed by atoms with E-state index in [1.54, 1.807) is 41.4 Å². The van der Waals surface area contributed by atoms with E-state index in [1.165, 1.54) is 32.4 Å². The number of ether oxygens (including phenoxy) is 4. The predicted molar refractivity (Wildman–Crippen MR) is 220 cm³/mol. The molecule has 13 nitrogen and oxygen atoms in total. The molecule has 0 aliphatic carbocycles. The number of carbonyl (C=O) groups excluding carboxylic acids is 2. The van der Waals surface area contributed by atoms with E-state index in [-0.39, 0.29) is 17.4 Å². The lowest BCUT2D eigenvalue weighted by molar-refractivity contribution is -0.198. The number of anilines is 1. The molecule has 6 rings (SSSR count). The van der Waals surface area contributed by atoms with Crippen molar-refractivity contribution in [2.75, 3.05) is 38.8 Å². The largest absolute Gasteiger partial charge is 0.504 e. The maximum Gasteiger partial charge on any atom is 0.410 e. The molecule has 2 N–H and O–H groups in total. The van der Waals surface area contributed by atoms with Gasteiger partial charge in [-0.15, -0.1) is 0 Å². The lowest BCUT2D eigenvalue weighted by Crippen LogP contribution is -2.48. The van der Waals surface area contributed by atoms with Crippen LogP contribution in [-0.4, -0.2) is 78.8 Å². The Balaban J connectivity index is 1.21. The molecule has 14 heteroatoms. The summed E-state index contributed by atoms with van der Waals surface area (Å²) in [6.45, 7) is 7.45. The van der Waals surface area contributed by atoms with Gasteiger partial charge in [-0.2, -0.15) is 5.26 Å². The van der Waals surface area contributed by atoms with Gasteiger partial charge in [-0.1, -0.05) is 36.4 Å². The molecule has 1 unspecified atom stereocenters. The molecule has 2 fully saturated rings. The summed E-state index contributed by atoms with van der Waals surface area (Å²) < 4.78 is 37.8. The van der Waals surface area contributed by atoms with E-state index in [4.69, 9.17) is 28.8 Å². The van der Waals surface area contributed by atoms with Gasteiger partial charge < -0.3 is 33.9 Å². The zero-order chi connectivity index (χ0) is 42.1. The van der Waals surface area contributed by atoms with Crippen LogP contribution in [0.3, 0.4) is 0 Å². The molecule has 1 aromatic heterocycles. The fourth-order valence-corrected chi connectivity index (χ4v) is 7.14. The average molecular weight is 808 g/mol. The first-order chi connectivity index (χ1) is 28.4. The lowest BCUT2D eigenvalue weighted by atomic mass is 9.93. The molecular formula is C45H50FN5O8. The number of nitriles is 1. The van der Waals surface area contributed by atoms with E-state index >= 15 is 4.39 Å². The number of benzene rings is 3. The molecule has 2 aliphatic rings. The Labute approximate surface area is 343 Å². The maximum atomic E-state index is 15.1. The van der Waals surface area contributed by atoms with Crippen molar-refractivity contribution in [2.45, 2.75) is 77.4 Å². The molecule has 0 bridgehead atoms. The standard InChI is InChI=1S/C45H50FN5O8/c1-45(2,3)58-44(54)51(28-30-11-9-29(10-12-30)13-18-39(53)49-59-40-8-6-7-23-57-40)34-19-21-50(22-20-34)43-42(56-5)41(32-14-15-33(26-47)36(46)24-32)35(27-48-43)31-16-17-38(55-4)37(52)25-31/h9-18,24-25,27,34,40,52H,6-8,19-23,28H2,1-5H3,(H,49,53)/b18-13+. The number of phenols is 1. The van der Waals surface area contributed by atoms with E-state index < -0.39 is 29.7 Å². The van der Waals surface area contributed by atoms with Crippen LogP contribution in [0, 0.1) is 17.1 Å². The van der Waals surface area contributed by atoms with Gasteiger partial charge in [0.05, 0.1) is 19.8 Å². The normalized spacial score (nSPS) is 16.0. The van der Waals surface area contributed by atoms with Crippen LogP contribution in [0.4, 0.5) is 15.0 Å². The molecule has 3 aromatic carbocycles. The van der Waals surface area contributed by atoms with E-state index in [0.29, 0.717) is 78.7 Å². The number of carbonyl (C=O) groups is 2. The summed E-state index contributed by atoms with van der Waals surface area (Å²) in [4.78, 5) is 40.1. The van der Waals surface area contributed by atoms with Gasteiger partial charge in [-0.3, -0.25) is 4.79 Å². The highest BCUT2D eigenvalue weighted by Crippen LogP contribution is 2.46. The van der Waals surface area contributed by atoms with Gasteiger partial charge in [0.2, 0.25) is 0 Å². The highest BCUT2D eigenvalue weighted by molar-refractivity contribution is 5.92. The Kier molecular flexibility index (Phi) is 13.7. The molecule has 4 aromatic rings. The third kappa shape index (κ3) is 10.7. The number of hydrogen-bond acceptors (Lipinski definition) is 11. The second kappa shape index (κ2) is 19.1. The van der Waals surface area contributed by atoms with Crippen molar-refractivity contribution < 1.29 is 42.9 Å². The average Bonchev–Trinajstić information content (AvgIpc) is 3.23. The number of phenolic OH excluding ortho intramolecular Hbond substituents is 1. The predicted octanol–water partition coefficient (Wildman–Crippen LogP) is 8.14. The molecular weight excluding hydrogens is 758 g/mol. The van der Waals surface area contributed by atoms with Crippen molar-refractivity contribution in [2.24, 2.45) is 0 Å². The third-order valence-corrected chi connectivity index (χ3v) is 10.1. The minimum atomic E-state index is -0.709. The van der Waals surface area contributed by atoms with Crippen LogP contribution in [0.1, 0.15) is 69.6 Å². The Hall–Kier alpha value is -6.17. The second-order valence-corrected chi connectivity index (χ2v) is 15.4. The number of piperidine rings is 1. The fourth-order valence-electron chi connectivity index (χ4n) is 7.14. The minimum Gasteiger partial charge on any atom is -0.504 e. The SMILES string of the molecule is COc1ccc(-c2cnc(N3CCC(N(Cc4ccc(/C=C/C(=O)NOC5CCCCO5)cc4)C(=O)OC(C)(C)C)CC3)c(OC)c2-c2ccc(C#N)c(F)c2)cc1O. The summed E-state index contributed by atoms with van der Waals surface area (Å²) in [5.41, 5.74) is 5.47. The smallest absolute Gasteiger partial charge is 0.410 e. The maximum absolute atomic E-state index is 15.1. The highest BCUT2D eigenvalue weighted by Gasteiger charge is 2.33. The molecule has 59 heavy (non-hydrogen) atoms. The number of nitrogens with one attached hydrogen (secondary N) is 1. The molecule has 0 radical (unpaired) electrons. The van der Waals surface area contributed by atoms with Crippen LogP contribution in [-0.2, 0) is 25.7 Å². The number of rotatable bonds is 12. The Morgan fingerprint density at radius 2 is 1.78 bits per heavy atom. The number of aromatic hydroxyl groups is 1. The summed E-state index contributed by atoms with van der Waals surface area (Å²) in [5, 5.41) is 20.0. The van der Waals surface area contributed by atoms with Crippen molar-refractivity contribution in [1.82, 2.24) is 15.4 Å². The zero-order valence-corrected chi connectivity index (χ0v) is 34.0. The van der Waals surface area contributed by atoms with Gasteiger partial charge in [0, 0.05) is 62.1 Å². The third-order valence-electron chi connectivity index (χ3n) is 10.1. The van der Waals surface area contributed by atoms with Gasteiger partial charge >= 0.3 is 6.09 Å². The van der Waals surface area contributed by atoms with Gasteiger partial charge in [0.25, 0.3) is 5.91 Å². The number of amides is 2. The van der Waals surface area contributed by atoms with Gasteiger partial charge in [0.1, 0.15) is 17.5 Å². The van der Waals surface area contributed by atoms with E-state index in [9.17, 15) is 20.0 Å². The number of hydrogen-bond donors (Lipinski definition) is 2. The van der Waals surface area contributed by atoms with Crippen molar-refractivity contribution in [3.8, 4) is 45.6 Å². The molecule has 310 valence electrons.